The molecule has 0 bridgehead atoms. The molecule has 2 rings (SSSR count). The van der Waals surface area contributed by atoms with Gasteiger partial charge in [0.15, 0.2) is 0 Å². The van der Waals surface area contributed by atoms with Gasteiger partial charge in [-0.25, -0.2) is 0 Å². The minimum absolute atomic E-state index is 0.0618. The Morgan fingerprint density at radius 3 is 2.24 bits per heavy atom. The van der Waals surface area contributed by atoms with E-state index in [9.17, 15) is 13.2 Å². The molecule has 5 heteroatoms. The van der Waals surface area contributed by atoms with Crippen molar-refractivity contribution in [1.82, 2.24) is 0 Å². The molecule has 0 saturated carbocycles. The van der Waals surface area contributed by atoms with E-state index in [0.717, 1.165) is 33.3 Å². The second-order valence-electron chi connectivity index (χ2n) is 4.87. The van der Waals surface area contributed by atoms with Crippen LogP contribution in [0.15, 0.2) is 46.9 Å². The van der Waals surface area contributed by atoms with Crippen LogP contribution in [-0.2, 0) is 12.6 Å². The quantitative estimate of drug-likeness (QED) is 0.499. The Balaban J connectivity index is 2.16. The number of hydrogen-bond donors (Lipinski definition) is 0. The van der Waals surface area contributed by atoms with E-state index in [1.807, 2.05) is 25.1 Å². The molecule has 1 atom stereocenters. The number of hydrogen-bond acceptors (Lipinski definition) is 0. The molecule has 0 aliphatic rings. The van der Waals surface area contributed by atoms with E-state index >= 15 is 0 Å². The molecule has 0 radical (unpaired) electrons. The van der Waals surface area contributed by atoms with Gasteiger partial charge < -0.3 is 0 Å². The summed E-state index contributed by atoms with van der Waals surface area (Å²) < 4.78 is 38.6. The average Bonchev–Trinajstić information content (AvgIpc) is 2.41. The summed E-state index contributed by atoms with van der Waals surface area (Å²) in [4.78, 5) is 0.0618. The van der Waals surface area contributed by atoms with Crippen molar-refractivity contribution in [3.05, 3.63) is 69.2 Å². The van der Waals surface area contributed by atoms with Crippen molar-refractivity contribution in [3.63, 3.8) is 0 Å². The normalized spacial score (nSPS) is 13.2. The highest BCUT2D eigenvalue weighted by molar-refractivity contribution is 9.10. The third-order valence-electron chi connectivity index (χ3n) is 3.27. The van der Waals surface area contributed by atoms with E-state index < -0.39 is 11.7 Å². The first kappa shape index (κ1) is 16.6. The molecular formula is C16H13Br2F3. The lowest BCUT2D eigenvalue weighted by atomic mass is 10.00. The first-order valence-electron chi connectivity index (χ1n) is 6.33. The summed E-state index contributed by atoms with van der Waals surface area (Å²) >= 11 is 7.06. The summed E-state index contributed by atoms with van der Waals surface area (Å²) in [6.07, 6.45) is -3.65. The fraction of sp³-hybridized carbons (Fsp3) is 0.250. The minimum atomic E-state index is -4.28. The number of alkyl halides is 4. The highest BCUT2D eigenvalue weighted by Gasteiger charge is 2.30. The lowest BCUT2D eigenvalue weighted by molar-refractivity contribution is -0.137. The monoisotopic (exact) mass is 420 g/mol. The van der Waals surface area contributed by atoms with Crippen LogP contribution >= 0.6 is 31.9 Å². The molecule has 0 aliphatic heterocycles. The van der Waals surface area contributed by atoms with Crippen molar-refractivity contribution in [2.75, 3.05) is 0 Å². The maximum absolute atomic E-state index is 12.5. The standard InChI is InChI=1S/C16H13Br2F3/c1-10-2-7-13(17)9-14(10)15(18)8-11-3-5-12(6-4-11)16(19,20)21/h2-7,9,15H,8H2,1H3. The van der Waals surface area contributed by atoms with Crippen molar-refractivity contribution >= 4 is 31.9 Å². The minimum Gasteiger partial charge on any atom is -0.166 e. The predicted octanol–water partition coefficient (Wildman–Crippen LogP) is 6.46. The zero-order valence-electron chi connectivity index (χ0n) is 11.2. The van der Waals surface area contributed by atoms with Gasteiger partial charge in [0, 0.05) is 9.30 Å². The van der Waals surface area contributed by atoms with Gasteiger partial charge in [0.2, 0.25) is 0 Å². The van der Waals surface area contributed by atoms with Crippen LogP contribution in [0.1, 0.15) is 27.1 Å². The topological polar surface area (TPSA) is 0 Å². The smallest absolute Gasteiger partial charge is 0.166 e. The average molecular weight is 422 g/mol. The van der Waals surface area contributed by atoms with Crippen LogP contribution in [0.5, 0.6) is 0 Å². The third kappa shape index (κ3) is 4.33. The molecule has 2 aromatic rings. The maximum Gasteiger partial charge on any atom is 0.416 e. The van der Waals surface area contributed by atoms with Crippen molar-refractivity contribution in [2.24, 2.45) is 0 Å². The van der Waals surface area contributed by atoms with Crippen LogP contribution in [0.3, 0.4) is 0 Å². The lowest BCUT2D eigenvalue weighted by Gasteiger charge is -2.14. The van der Waals surface area contributed by atoms with Gasteiger partial charge in [-0.2, -0.15) is 13.2 Å². The molecule has 1 unspecified atom stereocenters. The van der Waals surface area contributed by atoms with Gasteiger partial charge in [0.1, 0.15) is 0 Å². The molecule has 21 heavy (non-hydrogen) atoms. The summed E-state index contributed by atoms with van der Waals surface area (Å²) in [6, 6.07) is 11.3. The van der Waals surface area contributed by atoms with E-state index in [4.69, 9.17) is 0 Å². The van der Waals surface area contributed by atoms with Gasteiger partial charge in [-0.3, -0.25) is 0 Å². The fourth-order valence-electron chi connectivity index (χ4n) is 2.10. The van der Waals surface area contributed by atoms with Gasteiger partial charge in [-0.15, -0.1) is 0 Å². The highest BCUT2D eigenvalue weighted by Crippen LogP contribution is 2.33. The van der Waals surface area contributed by atoms with Gasteiger partial charge in [0.25, 0.3) is 0 Å². The first-order valence-corrected chi connectivity index (χ1v) is 8.04. The van der Waals surface area contributed by atoms with E-state index in [2.05, 4.69) is 31.9 Å². The zero-order chi connectivity index (χ0) is 15.6. The molecule has 0 aromatic heterocycles. The Kier molecular flexibility index (Phi) is 5.15. The highest BCUT2D eigenvalue weighted by atomic mass is 79.9. The Morgan fingerprint density at radius 1 is 1.05 bits per heavy atom. The Labute approximate surface area is 138 Å². The van der Waals surface area contributed by atoms with Crippen molar-refractivity contribution < 1.29 is 13.2 Å². The Morgan fingerprint density at radius 2 is 1.67 bits per heavy atom. The van der Waals surface area contributed by atoms with Gasteiger partial charge in [-0.1, -0.05) is 50.1 Å². The molecule has 0 heterocycles. The number of halogens is 5. The zero-order valence-corrected chi connectivity index (χ0v) is 14.4. The summed E-state index contributed by atoms with van der Waals surface area (Å²) in [5.74, 6) is 0. The maximum atomic E-state index is 12.5. The molecule has 2 aromatic carbocycles. The summed E-state index contributed by atoms with van der Waals surface area (Å²) in [5.41, 5.74) is 2.52. The number of benzene rings is 2. The van der Waals surface area contributed by atoms with Crippen molar-refractivity contribution in [2.45, 2.75) is 24.3 Å². The molecule has 0 spiro atoms. The van der Waals surface area contributed by atoms with E-state index in [1.165, 1.54) is 12.1 Å². The van der Waals surface area contributed by atoms with Crippen LogP contribution in [-0.4, -0.2) is 0 Å². The van der Waals surface area contributed by atoms with Crippen LogP contribution in [0.25, 0.3) is 0 Å². The third-order valence-corrected chi connectivity index (χ3v) is 4.59. The first-order chi connectivity index (χ1) is 9.77. The molecule has 0 amide bonds. The molecule has 0 fully saturated rings. The van der Waals surface area contributed by atoms with Crippen LogP contribution in [0.2, 0.25) is 0 Å². The van der Waals surface area contributed by atoms with Gasteiger partial charge in [0.05, 0.1) is 5.56 Å². The van der Waals surface area contributed by atoms with E-state index in [-0.39, 0.29) is 4.83 Å². The largest absolute Gasteiger partial charge is 0.416 e. The summed E-state index contributed by atoms with van der Waals surface area (Å²) in [6.45, 7) is 2.02. The van der Waals surface area contributed by atoms with Crippen LogP contribution < -0.4 is 0 Å². The number of rotatable bonds is 3. The molecule has 112 valence electrons. The molecule has 0 nitrogen and oxygen atoms in total. The summed E-state index contributed by atoms with van der Waals surface area (Å²) in [5, 5.41) is 0. The van der Waals surface area contributed by atoms with Crippen LogP contribution in [0, 0.1) is 6.92 Å². The van der Waals surface area contributed by atoms with E-state index in [1.54, 1.807) is 0 Å². The fourth-order valence-corrected chi connectivity index (χ4v) is 3.34. The van der Waals surface area contributed by atoms with E-state index in [0.29, 0.717) is 6.42 Å². The molecule has 0 N–H and O–H groups in total. The Hall–Kier alpha value is -0.810. The molecular weight excluding hydrogens is 409 g/mol. The lowest BCUT2D eigenvalue weighted by Crippen LogP contribution is -2.05. The number of aryl methyl sites for hydroxylation is 1. The Bertz CT molecular complexity index is 618. The second kappa shape index (κ2) is 6.53. The van der Waals surface area contributed by atoms with Crippen LogP contribution in [0.4, 0.5) is 13.2 Å². The van der Waals surface area contributed by atoms with Crippen molar-refractivity contribution in [1.29, 1.82) is 0 Å². The van der Waals surface area contributed by atoms with Gasteiger partial charge in [-0.05, 0) is 54.3 Å². The summed E-state index contributed by atoms with van der Waals surface area (Å²) in [7, 11) is 0. The predicted molar refractivity (Wildman–Crippen MR) is 85.7 cm³/mol. The second-order valence-corrected chi connectivity index (χ2v) is 6.89. The molecule has 0 saturated heterocycles. The SMILES string of the molecule is Cc1ccc(Br)cc1C(Br)Cc1ccc(C(F)(F)F)cc1. The molecule has 0 aliphatic carbocycles. The van der Waals surface area contributed by atoms with Gasteiger partial charge >= 0.3 is 6.18 Å². The van der Waals surface area contributed by atoms with Crippen molar-refractivity contribution in [3.8, 4) is 0 Å².